The van der Waals surface area contributed by atoms with Crippen molar-refractivity contribution in [3.8, 4) is 0 Å². The smallest absolute Gasteiger partial charge is 0.275 e. The zero-order valence-corrected chi connectivity index (χ0v) is 11.5. The maximum Gasteiger partial charge on any atom is 0.275 e. The summed E-state index contributed by atoms with van der Waals surface area (Å²) in [5.74, 6) is 0.0625. The maximum atomic E-state index is 12.7. The second-order valence-electron chi connectivity index (χ2n) is 5.88. The summed E-state index contributed by atoms with van der Waals surface area (Å²) in [5, 5.41) is 8.10. The SMILES string of the molecule is CN1C2CCC1CN(C(=O)c1n[nH]c3ccccc13)C2. The van der Waals surface area contributed by atoms with Crippen molar-refractivity contribution in [1.82, 2.24) is 20.0 Å². The zero-order chi connectivity index (χ0) is 13.7. The van der Waals surface area contributed by atoms with Crippen LogP contribution in [0.15, 0.2) is 24.3 Å². The molecule has 2 atom stereocenters. The Morgan fingerprint density at radius 1 is 1.25 bits per heavy atom. The third-order valence-electron chi connectivity index (χ3n) is 4.81. The molecule has 1 N–H and O–H groups in total. The molecule has 1 amide bonds. The van der Waals surface area contributed by atoms with Crippen molar-refractivity contribution in [2.45, 2.75) is 24.9 Å². The number of piperazine rings is 1. The number of para-hydroxylation sites is 1. The van der Waals surface area contributed by atoms with Crippen LogP contribution in [0, 0.1) is 0 Å². The number of carbonyl (C=O) groups is 1. The highest BCUT2D eigenvalue weighted by Gasteiger charge is 2.39. The molecule has 4 rings (SSSR count). The lowest BCUT2D eigenvalue weighted by molar-refractivity contribution is 0.0520. The van der Waals surface area contributed by atoms with Crippen LogP contribution >= 0.6 is 0 Å². The molecular formula is C15H18N4O. The van der Waals surface area contributed by atoms with Gasteiger partial charge in [0.15, 0.2) is 5.69 Å². The second-order valence-corrected chi connectivity index (χ2v) is 5.88. The Balaban J connectivity index is 1.65. The van der Waals surface area contributed by atoms with Crippen LogP contribution < -0.4 is 0 Å². The van der Waals surface area contributed by atoms with Gasteiger partial charge in [0.05, 0.1) is 5.52 Å². The van der Waals surface area contributed by atoms with Crippen LogP contribution in [-0.2, 0) is 0 Å². The summed E-state index contributed by atoms with van der Waals surface area (Å²) in [6.45, 7) is 1.65. The summed E-state index contributed by atoms with van der Waals surface area (Å²) >= 11 is 0. The van der Waals surface area contributed by atoms with Crippen LogP contribution in [0.1, 0.15) is 23.3 Å². The quantitative estimate of drug-likeness (QED) is 0.854. The number of amides is 1. The molecule has 2 unspecified atom stereocenters. The van der Waals surface area contributed by atoms with Gasteiger partial charge in [0.25, 0.3) is 5.91 Å². The molecule has 2 aliphatic rings. The zero-order valence-electron chi connectivity index (χ0n) is 11.5. The normalized spacial score (nSPS) is 26.4. The monoisotopic (exact) mass is 270 g/mol. The minimum atomic E-state index is 0.0625. The molecule has 2 bridgehead atoms. The van der Waals surface area contributed by atoms with Gasteiger partial charge >= 0.3 is 0 Å². The average Bonchev–Trinajstić information content (AvgIpc) is 2.95. The molecule has 0 saturated carbocycles. The third kappa shape index (κ3) is 1.66. The molecule has 5 heteroatoms. The fraction of sp³-hybridized carbons (Fsp3) is 0.467. The van der Waals surface area contributed by atoms with Crippen LogP contribution in [0.5, 0.6) is 0 Å². The first kappa shape index (κ1) is 11.9. The Kier molecular flexibility index (Phi) is 2.57. The molecule has 2 aliphatic heterocycles. The number of rotatable bonds is 1. The highest BCUT2D eigenvalue weighted by molar-refractivity contribution is 6.04. The first-order valence-electron chi connectivity index (χ1n) is 7.18. The Morgan fingerprint density at radius 3 is 2.70 bits per heavy atom. The number of likely N-dealkylation sites (N-methyl/N-ethyl adjacent to an activating group) is 1. The fourth-order valence-electron chi connectivity index (χ4n) is 3.56. The van der Waals surface area contributed by atoms with Gasteiger partial charge in [-0.3, -0.25) is 14.8 Å². The van der Waals surface area contributed by atoms with Gasteiger partial charge < -0.3 is 4.90 Å². The molecule has 5 nitrogen and oxygen atoms in total. The van der Waals surface area contributed by atoms with E-state index in [2.05, 4.69) is 22.1 Å². The van der Waals surface area contributed by atoms with Crippen molar-refractivity contribution in [2.75, 3.05) is 20.1 Å². The van der Waals surface area contributed by atoms with Crippen molar-refractivity contribution < 1.29 is 4.79 Å². The van der Waals surface area contributed by atoms with E-state index in [4.69, 9.17) is 0 Å². The van der Waals surface area contributed by atoms with Crippen LogP contribution in [0.2, 0.25) is 0 Å². The Labute approximate surface area is 117 Å². The standard InChI is InChI=1S/C15H18N4O/c1-18-10-6-7-11(18)9-19(8-10)15(20)14-12-4-2-3-5-13(12)16-17-14/h2-5,10-11H,6-9H2,1H3,(H,16,17). The first-order chi connectivity index (χ1) is 9.74. The minimum absolute atomic E-state index is 0.0625. The Bertz CT molecular complexity index is 651. The number of carbonyl (C=O) groups excluding carboxylic acids is 1. The van der Waals surface area contributed by atoms with Crippen molar-refractivity contribution >= 4 is 16.8 Å². The second kappa shape index (κ2) is 4.31. The van der Waals surface area contributed by atoms with E-state index in [1.807, 2.05) is 29.2 Å². The molecule has 0 spiro atoms. The van der Waals surface area contributed by atoms with Gasteiger partial charge in [-0.25, -0.2) is 0 Å². The van der Waals surface area contributed by atoms with Crippen LogP contribution in [0.3, 0.4) is 0 Å². The highest BCUT2D eigenvalue weighted by Crippen LogP contribution is 2.29. The van der Waals surface area contributed by atoms with E-state index in [1.54, 1.807) is 0 Å². The van der Waals surface area contributed by atoms with E-state index in [1.165, 1.54) is 12.8 Å². The molecule has 1 aromatic heterocycles. The number of H-pyrrole nitrogens is 1. The topological polar surface area (TPSA) is 52.2 Å². The first-order valence-corrected chi connectivity index (χ1v) is 7.18. The summed E-state index contributed by atoms with van der Waals surface area (Å²) in [4.78, 5) is 17.1. The lowest BCUT2D eigenvalue weighted by Crippen LogP contribution is -2.53. The lowest BCUT2D eigenvalue weighted by Gasteiger charge is -2.38. The van der Waals surface area contributed by atoms with E-state index in [0.29, 0.717) is 17.8 Å². The van der Waals surface area contributed by atoms with E-state index < -0.39 is 0 Å². The van der Waals surface area contributed by atoms with E-state index in [-0.39, 0.29) is 5.91 Å². The van der Waals surface area contributed by atoms with E-state index >= 15 is 0 Å². The number of nitrogens with one attached hydrogen (secondary N) is 1. The van der Waals surface area contributed by atoms with Crippen LogP contribution in [0.4, 0.5) is 0 Å². The molecule has 0 radical (unpaired) electrons. The van der Waals surface area contributed by atoms with Crippen molar-refractivity contribution in [3.63, 3.8) is 0 Å². The van der Waals surface area contributed by atoms with Gasteiger partial charge in [0, 0.05) is 30.6 Å². The average molecular weight is 270 g/mol. The highest BCUT2D eigenvalue weighted by atomic mass is 16.2. The van der Waals surface area contributed by atoms with Gasteiger partial charge in [-0.15, -0.1) is 0 Å². The van der Waals surface area contributed by atoms with Crippen LogP contribution in [-0.4, -0.2) is 58.1 Å². The van der Waals surface area contributed by atoms with Gasteiger partial charge in [-0.1, -0.05) is 18.2 Å². The Hall–Kier alpha value is -1.88. The molecule has 3 heterocycles. The fourth-order valence-corrected chi connectivity index (χ4v) is 3.56. The van der Waals surface area contributed by atoms with Crippen molar-refractivity contribution in [3.05, 3.63) is 30.0 Å². The third-order valence-corrected chi connectivity index (χ3v) is 4.81. The number of aromatic nitrogens is 2. The van der Waals surface area contributed by atoms with Crippen LogP contribution in [0.25, 0.3) is 10.9 Å². The summed E-state index contributed by atoms with van der Waals surface area (Å²) in [7, 11) is 2.17. The summed E-state index contributed by atoms with van der Waals surface area (Å²) < 4.78 is 0. The summed E-state index contributed by atoms with van der Waals surface area (Å²) in [6, 6.07) is 8.84. The number of hydrogen-bond donors (Lipinski definition) is 1. The number of hydrogen-bond acceptors (Lipinski definition) is 3. The van der Waals surface area contributed by atoms with Crippen molar-refractivity contribution in [1.29, 1.82) is 0 Å². The van der Waals surface area contributed by atoms with E-state index in [9.17, 15) is 4.79 Å². The van der Waals surface area contributed by atoms with Crippen molar-refractivity contribution in [2.24, 2.45) is 0 Å². The molecule has 2 fully saturated rings. The number of benzene rings is 1. The number of nitrogens with zero attached hydrogens (tertiary/aromatic N) is 3. The number of fused-ring (bicyclic) bond motifs is 3. The molecular weight excluding hydrogens is 252 g/mol. The minimum Gasteiger partial charge on any atom is -0.334 e. The molecule has 1 aromatic carbocycles. The number of aromatic amines is 1. The summed E-state index contributed by atoms with van der Waals surface area (Å²) in [6.07, 6.45) is 2.40. The van der Waals surface area contributed by atoms with E-state index in [0.717, 1.165) is 24.0 Å². The molecule has 104 valence electrons. The lowest BCUT2D eigenvalue weighted by atomic mass is 10.1. The molecule has 2 aromatic rings. The van der Waals surface area contributed by atoms with Gasteiger partial charge in [-0.05, 0) is 26.0 Å². The Morgan fingerprint density at radius 2 is 1.95 bits per heavy atom. The predicted octanol–water partition coefficient (Wildman–Crippen LogP) is 1.48. The predicted molar refractivity (Wildman–Crippen MR) is 76.6 cm³/mol. The number of likely N-dealkylation sites (tertiary alicyclic amines) is 1. The largest absolute Gasteiger partial charge is 0.334 e. The molecule has 20 heavy (non-hydrogen) atoms. The molecule has 2 saturated heterocycles. The van der Waals surface area contributed by atoms with Gasteiger partial charge in [0.2, 0.25) is 0 Å². The molecule has 0 aliphatic carbocycles. The van der Waals surface area contributed by atoms with Gasteiger partial charge in [-0.2, -0.15) is 5.10 Å². The maximum absolute atomic E-state index is 12.7. The van der Waals surface area contributed by atoms with Gasteiger partial charge in [0.1, 0.15) is 0 Å². The summed E-state index contributed by atoms with van der Waals surface area (Å²) in [5.41, 5.74) is 1.48.